The minimum Gasteiger partial charge on any atom is -0.325 e. The lowest BCUT2D eigenvalue weighted by Crippen LogP contribution is -2.53. The summed E-state index contributed by atoms with van der Waals surface area (Å²) in [5, 5.41) is 0. The van der Waals surface area contributed by atoms with E-state index in [2.05, 4.69) is 0 Å². The van der Waals surface area contributed by atoms with Gasteiger partial charge in [-0.1, -0.05) is 37.3 Å². The molecule has 2 aromatic carbocycles. The van der Waals surface area contributed by atoms with Gasteiger partial charge in [0.1, 0.15) is 17.8 Å². The summed E-state index contributed by atoms with van der Waals surface area (Å²) in [6.07, 6.45) is 2.40. The number of hydrogen-bond donors (Lipinski definition) is 0. The third kappa shape index (κ3) is 4.58. The standard InChI is InChI=1S/C27H32F3N3O/c1-4-27(20-8-6-5-7-9-20)16-19(24-15-21(28)10-11-25(24)30)17-33(27)26(34)32(3)23-12-13-31(2)18-22(29)14-23/h5-11,15-16,22-23H,4,12-14,17-18H2,1-3H3/t22?,23?,27-/m0/s1. The summed E-state index contributed by atoms with van der Waals surface area (Å²) in [4.78, 5) is 19.2. The van der Waals surface area contributed by atoms with Gasteiger partial charge >= 0.3 is 6.03 Å². The number of halogens is 3. The number of alkyl halides is 1. The molecule has 0 N–H and O–H groups in total. The Morgan fingerprint density at radius 2 is 1.91 bits per heavy atom. The van der Waals surface area contributed by atoms with Crippen LogP contribution < -0.4 is 0 Å². The van der Waals surface area contributed by atoms with Crippen molar-refractivity contribution in [3.05, 3.63) is 77.4 Å². The largest absolute Gasteiger partial charge is 0.325 e. The van der Waals surface area contributed by atoms with Crippen molar-refractivity contribution >= 4 is 11.6 Å². The molecule has 1 fully saturated rings. The number of nitrogens with zero attached hydrogens (tertiary/aromatic N) is 3. The minimum absolute atomic E-state index is 0.137. The van der Waals surface area contributed by atoms with Crippen LogP contribution in [0.25, 0.3) is 5.57 Å². The lowest BCUT2D eigenvalue weighted by Gasteiger charge is -2.41. The van der Waals surface area contributed by atoms with Crippen molar-refractivity contribution < 1.29 is 18.0 Å². The second-order valence-electron chi connectivity index (χ2n) is 9.45. The zero-order valence-electron chi connectivity index (χ0n) is 20.0. The van der Waals surface area contributed by atoms with Gasteiger partial charge in [0.15, 0.2) is 0 Å². The second kappa shape index (κ2) is 9.82. The van der Waals surface area contributed by atoms with E-state index in [1.54, 1.807) is 16.8 Å². The van der Waals surface area contributed by atoms with E-state index < -0.39 is 23.3 Å². The summed E-state index contributed by atoms with van der Waals surface area (Å²) in [7, 11) is 3.61. The van der Waals surface area contributed by atoms with E-state index in [0.717, 1.165) is 17.7 Å². The molecule has 1 saturated heterocycles. The predicted octanol–water partition coefficient (Wildman–Crippen LogP) is 5.45. The van der Waals surface area contributed by atoms with Crippen molar-refractivity contribution in [3.63, 3.8) is 0 Å². The molecule has 182 valence electrons. The van der Waals surface area contributed by atoms with Crippen molar-refractivity contribution in [2.45, 2.75) is 43.9 Å². The SMILES string of the molecule is CC[C@@]1(c2ccccc2)C=C(c2cc(F)ccc2F)CN1C(=O)N(C)C1CCN(C)CC(F)C1. The molecule has 2 unspecified atom stereocenters. The first kappa shape index (κ1) is 24.3. The Morgan fingerprint density at radius 1 is 1.18 bits per heavy atom. The predicted molar refractivity (Wildman–Crippen MR) is 128 cm³/mol. The first-order valence-electron chi connectivity index (χ1n) is 11.8. The zero-order valence-corrected chi connectivity index (χ0v) is 20.0. The number of carbonyl (C=O) groups excluding carboxylic acids is 1. The van der Waals surface area contributed by atoms with E-state index in [0.29, 0.717) is 31.5 Å². The van der Waals surface area contributed by atoms with Gasteiger partial charge in [0.05, 0.1) is 5.54 Å². The molecule has 2 aliphatic rings. The highest BCUT2D eigenvalue weighted by atomic mass is 19.1. The van der Waals surface area contributed by atoms with Gasteiger partial charge in [-0.2, -0.15) is 0 Å². The first-order chi connectivity index (χ1) is 16.2. The van der Waals surface area contributed by atoms with E-state index >= 15 is 0 Å². The normalized spacial score (nSPS) is 25.7. The molecule has 0 spiro atoms. The van der Waals surface area contributed by atoms with E-state index in [1.165, 1.54) is 6.07 Å². The van der Waals surface area contributed by atoms with Crippen LogP contribution in [0, 0.1) is 11.6 Å². The monoisotopic (exact) mass is 471 g/mol. The molecule has 34 heavy (non-hydrogen) atoms. The van der Waals surface area contributed by atoms with E-state index in [1.807, 2.05) is 55.3 Å². The lowest BCUT2D eigenvalue weighted by molar-refractivity contribution is 0.107. The number of amides is 2. The molecule has 0 aliphatic carbocycles. The van der Waals surface area contributed by atoms with Crippen molar-refractivity contribution in [1.29, 1.82) is 0 Å². The van der Waals surface area contributed by atoms with Gasteiger partial charge in [-0.25, -0.2) is 18.0 Å². The fourth-order valence-electron chi connectivity index (χ4n) is 5.32. The molecule has 2 heterocycles. The van der Waals surface area contributed by atoms with Crippen LogP contribution in [-0.2, 0) is 5.54 Å². The van der Waals surface area contributed by atoms with Gasteiger partial charge in [0.25, 0.3) is 0 Å². The highest BCUT2D eigenvalue weighted by Crippen LogP contribution is 2.44. The van der Waals surface area contributed by atoms with E-state index in [9.17, 15) is 18.0 Å². The van der Waals surface area contributed by atoms with Crippen LogP contribution in [0.3, 0.4) is 0 Å². The summed E-state index contributed by atoms with van der Waals surface area (Å²) in [5.74, 6) is -1.06. The van der Waals surface area contributed by atoms with E-state index in [-0.39, 0.29) is 30.6 Å². The Kier molecular flexibility index (Phi) is 7.03. The van der Waals surface area contributed by atoms with Gasteiger partial charge in [-0.05, 0) is 61.8 Å². The maximum absolute atomic E-state index is 14.7. The summed E-state index contributed by atoms with van der Waals surface area (Å²) >= 11 is 0. The molecule has 3 atom stereocenters. The van der Waals surface area contributed by atoms with Gasteiger partial charge in [0.2, 0.25) is 0 Å². The Morgan fingerprint density at radius 3 is 2.62 bits per heavy atom. The Bertz CT molecular complexity index is 1060. The summed E-state index contributed by atoms with van der Waals surface area (Å²) in [6, 6.07) is 12.5. The van der Waals surface area contributed by atoms with Crippen LogP contribution >= 0.6 is 0 Å². The summed E-state index contributed by atoms with van der Waals surface area (Å²) in [6.45, 7) is 3.18. The van der Waals surface area contributed by atoms with Crippen LogP contribution in [0.15, 0.2) is 54.6 Å². The van der Waals surface area contributed by atoms with Gasteiger partial charge in [-0.15, -0.1) is 0 Å². The third-order valence-electron chi connectivity index (χ3n) is 7.27. The number of urea groups is 1. The number of likely N-dealkylation sites (tertiary alicyclic amines) is 1. The number of benzene rings is 2. The fourth-order valence-corrected chi connectivity index (χ4v) is 5.32. The van der Waals surface area contributed by atoms with Crippen molar-refractivity contribution in [2.24, 2.45) is 0 Å². The van der Waals surface area contributed by atoms with Crippen LogP contribution in [0.1, 0.15) is 37.3 Å². The highest BCUT2D eigenvalue weighted by Gasteiger charge is 2.45. The minimum atomic E-state index is -1.01. The molecule has 4 rings (SSSR count). The fraction of sp³-hybridized carbons (Fsp3) is 0.444. The van der Waals surface area contributed by atoms with Crippen LogP contribution in [0.5, 0.6) is 0 Å². The molecule has 2 amide bonds. The second-order valence-corrected chi connectivity index (χ2v) is 9.45. The van der Waals surface area contributed by atoms with Crippen LogP contribution in [0.2, 0.25) is 0 Å². The molecular formula is C27H32F3N3O. The lowest BCUT2D eigenvalue weighted by atomic mass is 9.86. The third-order valence-corrected chi connectivity index (χ3v) is 7.27. The molecule has 2 aromatic rings. The van der Waals surface area contributed by atoms with Crippen molar-refractivity contribution in [1.82, 2.24) is 14.7 Å². The van der Waals surface area contributed by atoms with Gasteiger partial charge in [0, 0.05) is 38.2 Å². The van der Waals surface area contributed by atoms with Crippen molar-refractivity contribution in [2.75, 3.05) is 33.7 Å². The molecule has 2 aliphatic heterocycles. The quantitative estimate of drug-likeness (QED) is 0.593. The van der Waals surface area contributed by atoms with Crippen molar-refractivity contribution in [3.8, 4) is 0 Å². The topological polar surface area (TPSA) is 26.8 Å². The maximum Gasteiger partial charge on any atom is 0.321 e. The molecule has 4 nitrogen and oxygen atoms in total. The number of hydrogen-bond acceptors (Lipinski definition) is 2. The van der Waals surface area contributed by atoms with Crippen LogP contribution in [-0.4, -0.2) is 66.7 Å². The highest BCUT2D eigenvalue weighted by molar-refractivity contribution is 5.83. The zero-order chi connectivity index (χ0) is 24.5. The summed E-state index contributed by atoms with van der Waals surface area (Å²) in [5.41, 5.74) is 0.798. The summed E-state index contributed by atoms with van der Waals surface area (Å²) < 4.78 is 43.2. The number of rotatable bonds is 4. The molecule has 0 saturated carbocycles. The average molecular weight is 472 g/mol. The molecule has 7 heteroatoms. The smallest absolute Gasteiger partial charge is 0.321 e. The maximum atomic E-state index is 14.7. The van der Waals surface area contributed by atoms with Gasteiger partial charge < -0.3 is 14.7 Å². The van der Waals surface area contributed by atoms with Crippen LogP contribution in [0.4, 0.5) is 18.0 Å². The molecule has 0 bridgehead atoms. The Labute approximate surface area is 199 Å². The van der Waals surface area contributed by atoms with E-state index in [4.69, 9.17) is 0 Å². The molecule has 0 aromatic heterocycles. The molecular weight excluding hydrogens is 439 g/mol. The Hall–Kier alpha value is -2.80. The number of carbonyl (C=O) groups is 1. The Balaban J connectivity index is 1.73. The van der Waals surface area contributed by atoms with Gasteiger partial charge in [-0.3, -0.25) is 0 Å². The molecule has 0 radical (unpaired) electrons. The first-order valence-corrected chi connectivity index (χ1v) is 11.8. The average Bonchev–Trinajstić information content (AvgIpc) is 3.14.